The van der Waals surface area contributed by atoms with Gasteiger partial charge in [-0.25, -0.2) is 0 Å². The minimum absolute atomic E-state index is 0.243. The second-order valence-corrected chi connectivity index (χ2v) is 5.59. The fourth-order valence-corrected chi connectivity index (χ4v) is 3.05. The Morgan fingerprint density at radius 3 is 2.29 bits per heavy atom. The van der Waals surface area contributed by atoms with E-state index in [4.69, 9.17) is 0 Å². The Labute approximate surface area is 128 Å². The zero-order chi connectivity index (χ0) is 15.7. The molecule has 0 saturated heterocycles. The molecular formula is C17H28N2O2. The first-order chi connectivity index (χ1) is 10.1. The number of benzene rings is 1. The molecule has 1 aromatic carbocycles. The van der Waals surface area contributed by atoms with Crippen molar-refractivity contribution in [1.29, 1.82) is 0 Å². The average molecular weight is 292 g/mol. The van der Waals surface area contributed by atoms with Crippen LogP contribution in [0.3, 0.4) is 0 Å². The molecule has 4 heteroatoms. The fraction of sp³-hybridized carbons (Fsp3) is 0.647. The van der Waals surface area contributed by atoms with Crippen molar-refractivity contribution in [1.82, 2.24) is 5.32 Å². The molecule has 0 fully saturated rings. The average Bonchev–Trinajstić information content (AvgIpc) is 2.47. The Morgan fingerprint density at radius 2 is 1.76 bits per heavy atom. The normalized spacial score (nSPS) is 12.6. The van der Waals surface area contributed by atoms with Crippen LogP contribution in [-0.2, 0) is 6.42 Å². The summed E-state index contributed by atoms with van der Waals surface area (Å²) in [5.41, 5.74) is 1.08. The molecule has 1 atom stereocenters. The van der Waals surface area contributed by atoms with Gasteiger partial charge in [0, 0.05) is 17.7 Å². The van der Waals surface area contributed by atoms with Crippen LogP contribution in [0.25, 0.3) is 0 Å². The van der Waals surface area contributed by atoms with Crippen LogP contribution in [0.2, 0.25) is 0 Å². The number of hydrogen-bond acceptors (Lipinski definition) is 3. The summed E-state index contributed by atoms with van der Waals surface area (Å²) in [5, 5.41) is 14.7. The van der Waals surface area contributed by atoms with E-state index < -0.39 is 0 Å². The Morgan fingerprint density at radius 1 is 1.14 bits per heavy atom. The lowest BCUT2D eigenvalue weighted by Gasteiger charge is -2.27. The van der Waals surface area contributed by atoms with Gasteiger partial charge in [-0.15, -0.1) is 0 Å². The van der Waals surface area contributed by atoms with Crippen molar-refractivity contribution in [3.63, 3.8) is 0 Å². The maximum Gasteiger partial charge on any atom is 0.272 e. The zero-order valence-electron chi connectivity index (χ0n) is 13.5. The topological polar surface area (TPSA) is 55.2 Å². The molecule has 0 amide bonds. The van der Waals surface area contributed by atoms with E-state index in [0.29, 0.717) is 12.0 Å². The predicted molar refractivity (Wildman–Crippen MR) is 87.6 cm³/mol. The summed E-state index contributed by atoms with van der Waals surface area (Å²) in [6.45, 7) is 7.41. The summed E-state index contributed by atoms with van der Waals surface area (Å²) in [6, 6.07) is 7.43. The van der Waals surface area contributed by atoms with Gasteiger partial charge in [-0.3, -0.25) is 10.1 Å². The van der Waals surface area contributed by atoms with E-state index in [9.17, 15) is 10.1 Å². The summed E-state index contributed by atoms with van der Waals surface area (Å²) in [5.74, 6) is 0.583. The molecule has 4 nitrogen and oxygen atoms in total. The van der Waals surface area contributed by atoms with Crippen LogP contribution in [0.5, 0.6) is 0 Å². The zero-order valence-corrected chi connectivity index (χ0v) is 13.5. The van der Waals surface area contributed by atoms with E-state index in [1.807, 2.05) is 12.1 Å². The van der Waals surface area contributed by atoms with Crippen LogP contribution in [0.15, 0.2) is 24.3 Å². The van der Waals surface area contributed by atoms with E-state index in [1.165, 1.54) is 12.8 Å². The number of rotatable bonds is 10. The van der Waals surface area contributed by atoms with Crippen molar-refractivity contribution in [2.45, 2.75) is 58.9 Å². The Kier molecular flexibility index (Phi) is 7.98. The van der Waals surface area contributed by atoms with Crippen LogP contribution in [-0.4, -0.2) is 17.5 Å². The lowest BCUT2D eigenvalue weighted by Crippen LogP contribution is -2.38. The molecule has 1 N–H and O–H groups in total. The van der Waals surface area contributed by atoms with Crippen LogP contribution < -0.4 is 5.32 Å². The molecule has 0 bridgehead atoms. The van der Waals surface area contributed by atoms with Gasteiger partial charge in [0.2, 0.25) is 0 Å². The monoisotopic (exact) mass is 292 g/mol. The van der Waals surface area contributed by atoms with Gasteiger partial charge in [-0.1, -0.05) is 51.8 Å². The molecule has 0 heterocycles. The number of hydrogen-bond donors (Lipinski definition) is 1. The first kappa shape index (κ1) is 17.6. The van der Waals surface area contributed by atoms with Gasteiger partial charge in [0.25, 0.3) is 5.69 Å². The summed E-state index contributed by atoms with van der Waals surface area (Å²) in [4.78, 5) is 10.9. The number of para-hydroxylation sites is 1. The van der Waals surface area contributed by atoms with Gasteiger partial charge in [0.15, 0.2) is 0 Å². The molecule has 1 rings (SSSR count). The quantitative estimate of drug-likeness (QED) is 0.516. The summed E-state index contributed by atoms with van der Waals surface area (Å²) < 4.78 is 0. The molecule has 0 radical (unpaired) electrons. The van der Waals surface area contributed by atoms with Crippen LogP contribution in [0, 0.1) is 16.0 Å². The van der Waals surface area contributed by atoms with Crippen molar-refractivity contribution in [3.05, 3.63) is 39.9 Å². The Balaban J connectivity index is 2.93. The predicted octanol–water partition coefficient (Wildman–Crippen LogP) is 4.33. The highest BCUT2D eigenvalue weighted by Crippen LogP contribution is 2.25. The summed E-state index contributed by atoms with van der Waals surface area (Å²) in [6.07, 6.45) is 5.39. The third-order valence-electron chi connectivity index (χ3n) is 3.98. The molecule has 0 aromatic heterocycles. The minimum Gasteiger partial charge on any atom is -0.314 e. The molecule has 118 valence electrons. The highest BCUT2D eigenvalue weighted by molar-refractivity contribution is 5.40. The van der Waals surface area contributed by atoms with Crippen molar-refractivity contribution in [3.8, 4) is 0 Å². The van der Waals surface area contributed by atoms with Crippen molar-refractivity contribution in [2.75, 3.05) is 6.54 Å². The third kappa shape index (κ3) is 5.46. The van der Waals surface area contributed by atoms with Crippen molar-refractivity contribution >= 4 is 5.69 Å². The molecular weight excluding hydrogens is 264 g/mol. The highest BCUT2D eigenvalue weighted by atomic mass is 16.6. The molecule has 0 saturated carbocycles. The largest absolute Gasteiger partial charge is 0.314 e. The minimum atomic E-state index is -0.271. The molecule has 0 aliphatic rings. The molecule has 1 unspecified atom stereocenters. The van der Waals surface area contributed by atoms with Crippen LogP contribution in [0.1, 0.15) is 52.0 Å². The smallest absolute Gasteiger partial charge is 0.272 e. The second kappa shape index (κ2) is 9.50. The maximum absolute atomic E-state index is 11.2. The number of nitro benzene ring substituents is 1. The van der Waals surface area contributed by atoms with E-state index in [2.05, 4.69) is 26.1 Å². The second-order valence-electron chi connectivity index (χ2n) is 5.59. The Bertz CT molecular complexity index is 429. The Hall–Kier alpha value is -1.42. The lowest BCUT2D eigenvalue weighted by molar-refractivity contribution is -0.385. The lowest BCUT2D eigenvalue weighted by atomic mass is 9.86. The van der Waals surface area contributed by atoms with E-state index in [-0.39, 0.29) is 10.6 Å². The fourth-order valence-electron chi connectivity index (χ4n) is 3.05. The molecule has 0 aliphatic carbocycles. The molecule has 0 spiro atoms. The van der Waals surface area contributed by atoms with E-state index in [1.54, 1.807) is 12.1 Å². The SMILES string of the molecule is CCCC(CCC)C(Cc1ccccc1[N+](=O)[O-])NCC. The van der Waals surface area contributed by atoms with E-state index >= 15 is 0 Å². The standard InChI is InChI=1S/C17H28N2O2/c1-4-9-14(10-5-2)16(18-6-3)13-15-11-7-8-12-17(15)19(20)21/h7-8,11-12,14,16,18H,4-6,9-10,13H2,1-3H3. The van der Waals surface area contributed by atoms with Gasteiger partial charge in [-0.2, -0.15) is 0 Å². The molecule has 0 aliphatic heterocycles. The highest BCUT2D eigenvalue weighted by Gasteiger charge is 2.23. The van der Waals surface area contributed by atoms with E-state index in [0.717, 1.165) is 31.4 Å². The van der Waals surface area contributed by atoms with Crippen molar-refractivity contribution < 1.29 is 4.92 Å². The van der Waals surface area contributed by atoms with Crippen molar-refractivity contribution in [2.24, 2.45) is 5.92 Å². The first-order valence-corrected chi connectivity index (χ1v) is 8.09. The number of nitrogens with one attached hydrogen (secondary N) is 1. The number of nitro groups is 1. The maximum atomic E-state index is 11.2. The van der Waals surface area contributed by atoms with Crippen LogP contribution in [0.4, 0.5) is 5.69 Å². The third-order valence-corrected chi connectivity index (χ3v) is 3.98. The number of nitrogens with zero attached hydrogens (tertiary/aromatic N) is 1. The molecule has 1 aromatic rings. The summed E-state index contributed by atoms with van der Waals surface area (Å²) >= 11 is 0. The number of likely N-dealkylation sites (N-methyl/N-ethyl adjacent to an activating group) is 1. The van der Waals surface area contributed by atoms with Gasteiger partial charge in [-0.05, 0) is 31.7 Å². The van der Waals surface area contributed by atoms with Gasteiger partial charge >= 0.3 is 0 Å². The van der Waals surface area contributed by atoms with Gasteiger partial charge < -0.3 is 5.32 Å². The molecule has 21 heavy (non-hydrogen) atoms. The first-order valence-electron chi connectivity index (χ1n) is 8.09. The van der Waals surface area contributed by atoms with Gasteiger partial charge in [0.1, 0.15) is 0 Å². The van der Waals surface area contributed by atoms with Crippen LogP contribution >= 0.6 is 0 Å². The summed E-state index contributed by atoms with van der Waals surface area (Å²) in [7, 11) is 0. The van der Waals surface area contributed by atoms with Gasteiger partial charge in [0.05, 0.1) is 4.92 Å².